The fourth-order valence-electron chi connectivity index (χ4n) is 1.97. The highest BCUT2D eigenvalue weighted by molar-refractivity contribution is 5.92. The Hall–Kier alpha value is -2.18. The predicted molar refractivity (Wildman–Crippen MR) is 83.2 cm³/mol. The molecular formula is C16H21N3O3. The van der Waals surface area contributed by atoms with Crippen LogP contribution in [-0.4, -0.2) is 48.9 Å². The van der Waals surface area contributed by atoms with Crippen molar-refractivity contribution in [3.63, 3.8) is 0 Å². The summed E-state index contributed by atoms with van der Waals surface area (Å²) in [6, 6.07) is 9.65. The lowest BCUT2D eigenvalue weighted by molar-refractivity contribution is 0.0688. The van der Waals surface area contributed by atoms with Gasteiger partial charge in [0.05, 0.1) is 25.7 Å². The minimum Gasteiger partial charge on any atom is -0.382 e. The van der Waals surface area contributed by atoms with E-state index in [-0.39, 0.29) is 5.91 Å². The van der Waals surface area contributed by atoms with E-state index in [0.29, 0.717) is 32.1 Å². The molecule has 2 rings (SSSR count). The van der Waals surface area contributed by atoms with E-state index < -0.39 is 0 Å². The van der Waals surface area contributed by atoms with Crippen molar-refractivity contribution in [1.82, 2.24) is 14.9 Å². The molecule has 0 unspecified atom stereocenters. The van der Waals surface area contributed by atoms with Gasteiger partial charge in [0.1, 0.15) is 5.69 Å². The van der Waals surface area contributed by atoms with E-state index in [0.717, 1.165) is 12.1 Å². The van der Waals surface area contributed by atoms with Gasteiger partial charge in [0.25, 0.3) is 5.91 Å². The topological polar surface area (TPSA) is 65.4 Å². The Labute approximate surface area is 130 Å². The van der Waals surface area contributed by atoms with Crippen molar-refractivity contribution < 1.29 is 14.3 Å². The van der Waals surface area contributed by atoms with Crippen LogP contribution in [0.2, 0.25) is 0 Å². The summed E-state index contributed by atoms with van der Waals surface area (Å²) < 4.78 is 12.0. The molecule has 6 heteroatoms. The molecule has 6 nitrogen and oxygen atoms in total. The average Bonchev–Trinajstić information content (AvgIpc) is 3.04. The van der Waals surface area contributed by atoms with Crippen LogP contribution in [0.4, 0.5) is 0 Å². The van der Waals surface area contributed by atoms with E-state index in [1.54, 1.807) is 24.2 Å². The number of aromatic nitrogens is 2. The summed E-state index contributed by atoms with van der Waals surface area (Å²) in [7, 11) is 1.64. The number of carbonyl (C=O) groups is 1. The molecule has 1 N–H and O–H groups in total. The number of para-hydroxylation sites is 1. The molecule has 1 amide bonds. The summed E-state index contributed by atoms with van der Waals surface area (Å²) >= 11 is 0. The molecule has 0 spiro atoms. The van der Waals surface area contributed by atoms with Gasteiger partial charge in [-0.15, -0.1) is 0 Å². The Morgan fingerprint density at radius 2 is 2.05 bits per heavy atom. The van der Waals surface area contributed by atoms with Crippen LogP contribution in [0.15, 0.2) is 42.9 Å². The Balaban J connectivity index is 1.80. The highest BCUT2D eigenvalue weighted by atomic mass is 16.5. The molecule has 0 atom stereocenters. The summed E-state index contributed by atoms with van der Waals surface area (Å²) in [5.41, 5.74) is 1.43. The molecule has 2 aromatic rings. The van der Waals surface area contributed by atoms with Crippen LogP contribution in [-0.2, 0) is 9.47 Å². The lowest BCUT2D eigenvalue weighted by atomic mass is 10.3. The standard InChI is InChI=1S/C16H21N3O3/c1-21-10-11-22-9-5-8-18-16(20)15-12-17-13-19(15)14-6-3-2-4-7-14/h2-4,6-7,12-13H,5,8-11H2,1H3,(H,18,20). The fraction of sp³-hybridized carbons (Fsp3) is 0.375. The molecule has 0 radical (unpaired) electrons. The van der Waals surface area contributed by atoms with Crippen LogP contribution in [0.3, 0.4) is 0 Å². The maximum absolute atomic E-state index is 12.2. The van der Waals surface area contributed by atoms with Crippen molar-refractivity contribution in [2.24, 2.45) is 0 Å². The van der Waals surface area contributed by atoms with Gasteiger partial charge in [-0.3, -0.25) is 9.36 Å². The van der Waals surface area contributed by atoms with Crippen molar-refractivity contribution in [2.45, 2.75) is 6.42 Å². The molecule has 1 aromatic carbocycles. The second kappa shape index (κ2) is 8.96. The number of nitrogens with one attached hydrogen (secondary N) is 1. The van der Waals surface area contributed by atoms with Crippen LogP contribution in [0.5, 0.6) is 0 Å². The first-order valence-electron chi connectivity index (χ1n) is 7.25. The summed E-state index contributed by atoms with van der Waals surface area (Å²) in [6.07, 6.45) is 3.96. The molecule has 0 bridgehead atoms. The van der Waals surface area contributed by atoms with E-state index >= 15 is 0 Å². The van der Waals surface area contributed by atoms with Gasteiger partial charge in [0.2, 0.25) is 0 Å². The van der Waals surface area contributed by atoms with Gasteiger partial charge in [-0.25, -0.2) is 4.98 Å². The normalized spacial score (nSPS) is 10.6. The zero-order chi connectivity index (χ0) is 15.6. The molecule has 0 saturated carbocycles. The highest BCUT2D eigenvalue weighted by Crippen LogP contribution is 2.10. The number of methoxy groups -OCH3 is 1. The SMILES string of the molecule is COCCOCCCNC(=O)c1cncn1-c1ccccc1. The van der Waals surface area contributed by atoms with E-state index in [9.17, 15) is 4.79 Å². The Kier molecular flexibility index (Phi) is 6.60. The number of amides is 1. The first-order chi connectivity index (χ1) is 10.8. The Morgan fingerprint density at radius 1 is 1.23 bits per heavy atom. The summed E-state index contributed by atoms with van der Waals surface area (Å²) in [4.78, 5) is 16.3. The number of carbonyl (C=O) groups excluding carboxylic acids is 1. The molecule has 0 fully saturated rings. The molecule has 1 heterocycles. The number of hydrogen-bond acceptors (Lipinski definition) is 4. The number of imidazole rings is 1. The van der Waals surface area contributed by atoms with Crippen LogP contribution in [0, 0.1) is 0 Å². The van der Waals surface area contributed by atoms with E-state index in [2.05, 4.69) is 10.3 Å². The smallest absolute Gasteiger partial charge is 0.269 e. The van der Waals surface area contributed by atoms with Crippen molar-refractivity contribution in [1.29, 1.82) is 0 Å². The molecule has 0 aliphatic rings. The first-order valence-corrected chi connectivity index (χ1v) is 7.25. The summed E-state index contributed by atoms with van der Waals surface area (Å²) in [5.74, 6) is -0.141. The summed E-state index contributed by atoms with van der Waals surface area (Å²) in [5, 5.41) is 2.88. The van der Waals surface area contributed by atoms with E-state index in [1.807, 2.05) is 30.3 Å². The zero-order valence-corrected chi connectivity index (χ0v) is 12.7. The number of hydrogen-bond donors (Lipinski definition) is 1. The molecule has 1 aromatic heterocycles. The lowest BCUT2D eigenvalue weighted by Crippen LogP contribution is -2.27. The fourth-order valence-corrected chi connectivity index (χ4v) is 1.97. The van der Waals surface area contributed by atoms with Gasteiger partial charge in [-0.05, 0) is 18.6 Å². The van der Waals surface area contributed by atoms with Crippen molar-refractivity contribution in [3.05, 3.63) is 48.5 Å². The molecule has 0 saturated heterocycles. The van der Waals surface area contributed by atoms with Crippen molar-refractivity contribution in [2.75, 3.05) is 33.5 Å². The van der Waals surface area contributed by atoms with E-state index in [4.69, 9.17) is 9.47 Å². The maximum atomic E-state index is 12.2. The molecule has 0 aliphatic carbocycles. The van der Waals surface area contributed by atoms with Crippen molar-refractivity contribution >= 4 is 5.91 Å². The van der Waals surface area contributed by atoms with Gasteiger partial charge >= 0.3 is 0 Å². The minimum absolute atomic E-state index is 0.141. The highest BCUT2D eigenvalue weighted by Gasteiger charge is 2.12. The van der Waals surface area contributed by atoms with E-state index in [1.165, 1.54) is 0 Å². The molecule has 22 heavy (non-hydrogen) atoms. The third-order valence-electron chi connectivity index (χ3n) is 3.09. The van der Waals surface area contributed by atoms with Crippen LogP contribution < -0.4 is 5.32 Å². The Bertz CT molecular complexity index is 569. The quantitative estimate of drug-likeness (QED) is 0.716. The van der Waals surface area contributed by atoms with Crippen LogP contribution in [0.1, 0.15) is 16.9 Å². The zero-order valence-electron chi connectivity index (χ0n) is 12.7. The Morgan fingerprint density at radius 3 is 2.82 bits per heavy atom. The molecule has 0 aliphatic heterocycles. The van der Waals surface area contributed by atoms with Gasteiger partial charge in [-0.2, -0.15) is 0 Å². The first kappa shape index (κ1) is 16.2. The second-order valence-corrected chi connectivity index (χ2v) is 4.70. The largest absolute Gasteiger partial charge is 0.382 e. The van der Waals surface area contributed by atoms with Gasteiger partial charge in [-0.1, -0.05) is 18.2 Å². The number of rotatable bonds is 9. The second-order valence-electron chi connectivity index (χ2n) is 4.70. The van der Waals surface area contributed by atoms with Crippen LogP contribution in [0.25, 0.3) is 5.69 Å². The van der Waals surface area contributed by atoms with Crippen molar-refractivity contribution in [3.8, 4) is 5.69 Å². The lowest BCUT2D eigenvalue weighted by Gasteiger charge is -2.09. The number of ether oxygens (including phenoxy) is 2. The maximum Gasteiger partial charge on any atom is 0.269 e. The molecular weight excluding hydrogens is 282 g/mol. The number of benzene rings is 1. The van der Waals surface area contributed by atoms with Crippen LogP contribution >= 0.6 is 0 Å². The minimum atomic E-state index is -0.141. The molecule has 118 valence electrons. The predicted octanol–water partition coefficient (Wildman–Crippen LogP) is 1.66. The third-order valence-corrected chi connectivity index (χ3v) is 3.09. The average molecular weight is 303 g/mol. The summed E-state index contributed by atoms with van der Waals surface area (Å²) in [6.45, 7) is 2.32. The van der Waals surface area contributed by atoms with Gasteiger partial charge < -0.3 is 14.8 Å². The number of nitrogens with zero attached hydrogens (tertiary/aromatic N) is 2. The third kappa shape index (κ3) is 4.68. The van der Waals surface area contributed by atoms with Gasteiger partial charge in [0.15, 0.2) is 0 Å². The van der Waals surface area contributed by atoms with Gasteiger partial charge in [0, 0.05) is 25.9 Å². The monoisotopic (exact) mass is 303 g/mol.